The molecule has 0 aliphatic rings. The van der Waals surface area contributed by atoms with Crippen LogP contribution < -0.4 is 4.74 Å². The molecule has 0 radical (unpaired) electrons. The van der Waals surface area contributed by atoms with Crippen LogP contribution in [-0.2, 0) is 13.7 Å². The first-order chi connectivity index (χ1) is 7.63. The van der Waals surface area contributed by atoms with Gasteiger partial charge in [0.25, 0.3) is 0 Å². The monoisotopic (exact) mass is 284 g/mol. The Kier molecular flexibility index (Phi) is 3.24. The molecule has 0 unspecified atom stereocenters. The molecule has 0 spiro atoms. The van der Waals surface area contributed by atoms with Gasteiger partial charge in [-0.2, -0.15) is 5.10 Å². The number of hydrogen-bond donors (Lipinski definition) is 0. The number of hydrogen-bond acceptors (Lipinski definition) is 2. The molecule has 16 heavy (non-hydrogen) atoms. The number of benzene rings is 1. The van der Waals surface area contributed by atoms with Crippen molar-refractivity contribution in [1.29, 1.82) is 0 Å². The SMILES string of the molecule is Cn1ccc(COc2cc(F)cc(Br)c2)n1. The first-order valence-corrected chi connectivity index (χ1v) is 5.50. The van der Waals surface area contributed by atoms with Gasteiger partial charge in [0.15, 0.2) is 0 Å². The second-order valence-corrected chi connectivity index (χ2v) is 4.29. The van der Waals surface area contributed by atoms with Gasteiger partial charge in [0.1, 0.15) is 18.2 Å². The van der Waals surface area contributed by atoms with Gasteiger partial charge in [0.05, 0.1) is 5.69 Å². The lowest BCUT2D eigenvalue weighted by molar-refractivity contribution is 0.298. The topological polar surface area (TPSA) is 27.1 Å². The predicted molar refractivity (Wildman–Crippen MR) is 61.6 cm³/mol. The molecule has 0 aliphatic carbocycles. The van der Waals surface area contributed by atoms with Crippen molar-refractivity contribution in [2.75, 3.05) is 0 Å². The van der Waals surface area contributed by atoms with Crippen molar-refractivity contribution in [3.8, 4) is 5.75 Å². The van der Waals surface area contributed by atoms with Gasteiger partial charge in [-0.3, -0.25) is 4.68 Å². The Bertz CT molecular complexity index is 478. The Balaban J connectivity index is 2.04. The van der Waals surface area contributed by atoms with E-state index in [1.54, 1.807) is 10.7 Å². The molecule has 1 heterocycles. The molecular weight excluding hydrogens is 275 g/mol. The summed E-state index contributed by atoms with van der Waals surface area (Å²) in [6.45, 7) is 0.330. The molecule has 0 saturated carbocycles. The summed E-state index contributed by atoms with van der Waals surface area (Å²) in [6.07, 6.45) is 1.83. The smallest absolute Gasteiger partial charge is 0.132 e. The maximum atomic E-state index is 13.0. The van der Waals surface area contributed by atoms with Gasteiger partial charge < -0.3 is 4.74 Å². The van der Waals surface area contributed by atoms with Crippen molar-refractivity contribution in [3.05, 3.63) is 46.4 Å². The zero-order valence-corrected chi connectivity index (χ0v) is 10.2. The fourth-order valence-electron chi connectivity index (χ4n) is 1.31. The summed E-state index contributed by atoms with van der Waals surface area (Å²) in [6, 6.07) is 6.29. The normalized spacial score (nSPS) is 10.4. The highest BCUT2D eigenvalue weighted by Crippen LogP contribution is 2.21. The van der Waals surface area contributed by atoms with E-state index in [2.05, 4.69) is 21.0 Å². The largest absolute Gasteiger partial charge is 0.487 e. The van der Waals surface area contributed by atoms with Crippen LogP contribution in [0.5, 0.6) is 5.75 Å². The summed E-state index contributed by atoms with van der Waals surface area (Å²) < 4.78 is 20.8. The van der Waals surface area contributed by atoms with E-state index < -0.39 is 0 Å². The average Bonchev–Trinajstić information content (AvgIpc) is 2.60. The standard InChI is InChI=1S/C11H10BrFN2O/c1-15-3-2-10(14-15)7-16-11-5-8(12)4-9(13)6-11/h2-6H,7H2,1H3. The zero-order chi connectivity index (χ0) is 11.5. The maximum absolute atomic E-state index is 13.0. The van der Waals surface area contributed by atoms with E-state index in [0.717, 1.165) is 5.69 Å². The Labute approximate surface area is 101 Å². The third kappa shape index (κ3) is 2.82. The van der Waals surface area contributed by atoms with Crippen molar-refractivity contribution in [1.82, 2.24) is 9.78 Å². The van der Waals surface area contributed by atoms with Gasteiger partial charge in [-0.15, -0.1) is 0 Å². The average molecular weight is 285 g/mol. The molecule has 0 fully saturated rings. The Morgan fingerprint density at radius 2 is 2.25 bits per heavy atom. The summed E-state index contributed by atoms with van der Waals surface area (Å²) in [7, 11) is 1.84. The molecule has 0 bridgehead atoms. The number of aromatic nitrogens is 2. The summed E-state index contributed by atoms with van der Waals surface area (Å²) in [5, 5.41) is 4.16. The molecule has 0 saturated heterocycles. The summed E-state index contributed by atoms with van der Waals surface area (Å²) in [4.78, 5) is 0. The highest BCUT2D eigenvalue weighted by atomic mass is 79.9. The minimum Gasteiger partial charge on any atom is -0.487 e. The lowest BCUT2D eigenvalue weighted by Crippen LogP contribution is -1.98. The van der Waals surface area contributed by atoms with Crippen LogP contribution in [0.4, 0.5) is 4.39 Å². The molecule has 0 amide bonds. The minimum atomic E-state index is -0.328. The zero-order valence-electron chi connectivity index (χ0n) is 8.65. The molecular formula is C11H10BrFN2O. The molecule has 2 rings (SSSR count). The van der Waals surface area contributed by atoms with E-state index in [4.69, 9.17) is 4.74 Å². The van der Waals surface area contributed by atoms with Crippen LogP contribution in [0.1, 0.15) is 5.69 Å². The fraction of sp³-hybridized carbons (Fsp3) is 0.182. The van der Waals surface area contributed by atoms with Crippen molar-refractivity contribution in [3.63, 3.8) is 0 Å². The summed E-state index contributed by atoms with van der Waals surface area (Å²) >= 11 is 3.20. The first kappa shape index (κ1) is 11.1. The Hall–Kier alpha value is -1.36. The van der Waals surface area contributed by atoms with Crippen LogP contribution in [-0.4, -0.2) is 9.78 Å². The first-order valence-electron chi connectivity index (χ1n) is 4.71. The molecule has 3 nitrogen and oxygen atoms in total. The van der Waals surface area contributed by atoms with Crippen molar-refractivity contribution in [2.45, 2.75) is 6.61 Å². The van der Waals surface area contributed by atoms with Crippen LogP contribution in [0.15, 0.2) is 34.9 Å². The number of nitrogens with zero attached hydrogens (tertiary/aromatic N) is 2. The number of ether oxygens (including phenoxy) is 1. The summed E-state index contributed by atoms with van der Waals surface area (Å²) in [5.41, 5.74) is 0.808. The van der Waals surface area contributed by atoms with Crippen LogP contribution in [0.2, 0.25) is 0 Å². The molecule has 1 aromatic carbocycles. The molecule has 0 N–H and O–H groups in total. The Morgan fingerprint density at radius 1 is 1.44 bits per heavy atom. The summed E-state index contributed by atoms with van der Waals surface area (Å²) in [5.74, 6) is 0.155. The third-order valence-corrected chi connectivity index (χ3v) is 2.45. The Morgan fingerprint density at radius 3 is 2.88 bits per heavy atom. The van der Waals surface area contributed by atoms with E-state index in [-0.39, 0.29) is 5.82 Å². The van der Waals surface area contributed by atoms with Crippen LogP contribution >= 0.6 is 15.9 Å². The van der Waals surface area contributed by atoms with E-state index in [1.165, 1.54) is 12.1 Å². The van der Waals surface area contributed by atoms with Gasteiger partial charge >= 0.3 is 0 Å². The minimum absolute atomic E-state index is 0.328. The maximum Gasteiger partial charge on any atom is 0.132 e. The van der Waals surface area contributed by atoms with Gasteiger partial charge in [0.2, 0.25) is 0 Å². The molecule has 0 aliphatic heterocycles. The van der Waals surface area contributed by atoms with Crippen LogP contribution in [0.25, 0.3) is 0 Å². The van der Waals surface area contributed by atoms with E-state index in [9.17, 15) is 4.39 Å². The van der Waals surface area contributed by atoms with Gasteiger partial charge in [-0.1, -0.05) is 15.9 Å². The van der Waals surface area contributed by atoms with Gasteiger partial charge in [-0.05, 0) is 18.2 Å². The van der Waals surface area contributed by atoms with Crippen molar-refractivity contribution < 1.29 is 9.13 Å². The van der Waals surface area contributed by atoms with Gasteiger partial charge in [0, 0.05) is 23.8 Å². The number of halogens is 2. The number of rotatable bonds is 3. The third-order valence-electron chi connectivity index (χ3n) is 1.99. The second-order valence-electron chi connectivity index (χ2n) is 3.37. The van der Waals surface area contributed by atoms with Crippen molar-refractivity contribution >= 4 is 15.9 Å². The van der Waals surface area contributed by atoms with E-state index >= 15 is 0 Å². The highest BCUT2D eigenvalue weighted by molar-refractivity contribution is 9.10. The second kappa shape index (κ2) is 4.65. The molecule has 1 aromatic heterocycles. The fourth-order valence-corrected chi connectivity index (χ4v) is 1.75. The number of aryl methyl sites for hydroxylation is 1. The lowest BCUT2D eigenvalue weighted by atomic mass is 10.3. The highest BCUT2D eigenvalue weighted by Gasteiger charge is 2.02. The molecule has 2 aromatic rings. The van der Waals surface area contributed by atoms with Crippen molar-refractivity contribution in [2.24, 2.45) is 7.05 Å². The predicted octanol–water partition coefficient (Wildman–Crippen LogP) is 2.90. The van der Waals surface area contributed by atoms with Gasteiger partial charge in [-0.25, -0.2) is 4.39 Å². The van der Waals surface area contributed by atoms with Crippen LogP contribution in [0, 0.1) is 5.82 Å². The van der Waals surface area contributed by atoms with Crippen LogP contribution in [0.3, 0.4) is 0 Å². The molecule has 0 atom stereocenters. The molecule has 84 valence electrons. The van der Waals surface area contributed by atoms with E-state index in [1.807, 2.05) is 19.3 Å². The molecule has 5 heteroatoms. The van der Waals surface area contributed by atoms with E-state index in [0.29, 0.717) is 16.8 Å². The lowest BCUT2D eigenvalue weighted by Gasteiger charge is -2.04. The quantitative estimate of drug-likeness (QED) is 0.867.